The molecule has 0 amide bonds. The Labute approximate surface area is 105 Å². The third-order valence-corrected chi connectivity index (χ3v) is 3.48. The van der Waals surface area contributed by atoms with Crippen molar-refractivity contribution in [2.24, 2.45) is 5.92 Å². The molecule has 0 bridgehead atoms. The van der Waals surface area contributed by atoms with Crippen LogP contribution in [0.4, 0.5) is 13.2 Å². The van der Waals surface area contributed by atoms with Crippen molar-refractivity contribution in [3.63, 3.8) is 0 Å². The van der Waals surface area contributed by atoms with Gasteiger partial charge in [-0.15, -0.1) is 0 Å². The Kier molecular flexibility index (Phi) is 3.92. The van der Waals surface area contributed by atoms with E-state index in [0.29, 0.717) is 5.56 Å². The molecule has 0 radical (unpaired) electrons. The first kappa shape index (κ1) is 13.4. The zero-order chi connectivity index (χ0) is 13.2. The Morgan fingerprint density at radius 3 is 2.61 bits per heavy atom. The van der Waals surface area contributed by atoms with Gasteiger partial charge in [-0.25, -0.2) is 0 Å². The maximum Gasteiger partial charge on any atom is 0.416 e. The maximum atomic E-state index is 13.0. The van der Waals surface area contributed by atoms with Crippen LogP contribution in [-0.4, -0.2) is 20.1 Å². The van der Waals surface area contributed by atoms with Crippen LogP contribution in [0, 0.1) is 5.92 Å². The highest BCUT2D eigenvalue weighted by molar-refractivity contribution is 5.33. The van der Waals surface area contributed by atoms with E-state index in [4.69, 9.17) is 0 Å². The first-order chi connectivity index (χ1) is 8.54. The van der Waals surface area contributed by atoms with Gasteiger partial charge < -0.3 is 10.6 Å². The van der Waals surface area contributed by atoms with E-state index in [1.54, 1.807) is 19.2 Å². The second-order valence-corrected chi connectivity index (χ2v) is 4.60. The third kappa shape index (κ3) is 2.67. The smallest absolute Gasteiger partial charge is 0.316 e. The van der Waals surface area contributed by atoms with Gasteiger partial charge in [0.2, 0.25) is 0 Å². The van der Waals surface area contributed by atoms with Crippen molar-refractivity contribution >= 4 is 0 Å². The number of nitrogens with one attached hydrogen (secondary N) is 2. The standard InChI is InChI=1S/C13H17F3N2/c1-17-12(9-6-7-18-8-9)10-4-2-3-5-11(10)13(14,15)16/h2-5,9,12,17-18H,6-8H2,1H3. The first-order valence-electron chi connectivity index (χ1n) is 6.08. The molecule has 0 aliphatic carbocycles. The molecule has 2 unspecified atom stereocenters. The van der Waals surface area contributed by atoms with E-state index in [1.807, 2.05) is 0 Å². The quantitative estimate of drug-likeness (QED) is 0.870. The van der Waals surface area contributed by atoms with Gasteiger partial charge in [-0.1, -0.05) is 18.2 Å². The molecule has 2 rings (SSSR count). The van der Waals surface area contributed by atoms with Gasteiger partial charge in [0.05, 0.1) is 5.56 Å². The first-order valence-corrected chi connectivity index (χ1v) is 6.08. The minimum absolute atomic E-state index is 0.207. The fourth-order valence-electron chi connectivity index (χ4n) is 2.63. The van der Waals surface area contributed by atoms with E-state index in [0.717, 1.165) is 25.6 Å². The number of benzene rings is 1. The SMILES string of the molecule is CNC(c1ccccc1C(F)(F)F)C1CCNC1. The van der Waals surface area contributed by atoms with Gasteiger partial charge in [-0.3, -0.25) is 0 Å². The zero-order valence-corrected chi connectivity index (χ0v) is 10.2. The minimum Gasteiger partial charge on any atom is -0.316 e. The van der Waals surface area contributed by atoms with Crippen LogP contribution in [-0.2, 0) is 6.18 Å². The summed E-state index contributed by atoms with van der Waals surface area (Å²) in [6.45, 7) is 1.63. The average molecular weight is 258 g/mol. The number of rotatable bonds is 3. The molecule has 1 aliphatic rings. The lowest BCUT2D eigenvalue weighted by Crippen LogP contribution is -2.29. The van der Waals surface area contributed by atoms with Crippen molar-refractivity contribution in [3.05, 3.63) is 35.4 Å². The lowest BCUT2D eigenvalue weighted by atomic mass is 9.89. The van der Waals surface area contributed by atoms with Gasteiger partial charge in [-0.05, 0) is 44.1 Å². The summed E-state index contributed by atoms with van der Waals surface area (Å²) >= 11 is 0. The molecule has 100 valence electrons. The lowest BCUT2D eigenvalue weighted by molar-refractivity contribution is -0.138. The highest BCUT2D eigenvalue weighted by Gasteiger charge is 2.36. The van der Waals surface area contributed by atoms with Crippen LogP contribution in [0.5, 0.6) is 0 Å². The highest BCUT2D eigenvalue weighted by Crippen LogP contribution is 2.37. The van der Waals surface area contributed by atoms with Gasteiger partial charge in [0.15, 0.2) is 0 Å². The Bertz CT molecular complexity index is 397. The van der Waals surface area contributed by atoms with Crippen molar-refractivity contribution in [2.75, 3.05) is 20.1 Å². The van der Waals surface area contributed by atoms with Crippen LogP contribution >= 0.6 is 0 Å². The third-order valence-electron chi connectivity index (χ3n) is 3.48. The molecule has 0 spiro atoms. The molecule has 0 aromatic heterocycles. The fraction of sp³-hybridized carbons (Fsp3) is 0.538. The van der Waals surface area contributed by atoms with Crippen LogP contribution in [0.3, 0.4) is 0 Å². The van der Waals surface area contributed by atoms with Crippen LogP contribution in [0.15, 0.2) is 24.3 Å². The molecular weight excluding hydrogens is 241 g/mol. The van der Waals surface area contributed by atoms with Crippen LogP contribution in [0.25, 0.3) is 0 Å². The predicted octanol–water partition coefficient (Wildman–Crippen LogP) is 2.58. The van der Waals surface area contributed by atoms with Gasteiger partial charge in [0, 0.05) is 6.04 Å². The largest absolute Gasteiger partial charge is 0.416 e. The second-order valence-electron chi connectivity index (χ2n) is 4.60. The van der Waals surface area contributed by atoms with Crippen molar-refractivity contribution < 1.29 is 13.2 Å². The van der Waals surface area contributed by atoms with Crippen LogP contribution < -0.4 is 10.6 Å². The van der Waals surface area contributed by atoms with E-state index in [1.165, 1.54) is 6.07 Å². The Morgan fingerprint density at radius 1 is 1.33 bits per heavy atom. The molecule has 1 saturated heterocycles. The van der Waals surface area contributed by atoms with Gasteiger partial charge in [-0.2, -0.15) is 13.2 Å². The van der Waals surface area contributed by atoms with Crippen molar-refractivity contribution in [2.45, 2.75) is 18.6 Å². The van der Waals surface area contributed by atoms with E-state index in [2.05, 4.69) is 10.6 Å². The monoisotopic (exact) mass is 258 g/mol. The fourth-order valence-corrected chi connectivity index (χ4v) is 2.63. The van der Waals surface area contributed by atoms with Crippen molar-refractivity contribution in [1.82, 2.24) is 10.6 Å². The number of alkyl halides is 3. The molecule has 1 heterocycles. The molecule has 1 fully saturated rings. The minimum atomic E-state index is -4.29. The van der Waals surface area contributed by atoms with Crippen LogP contribution in [0.2, 0.25) is 0 Å². The van der Waals surface area contributed by atoms with Gasteiger partial charge in [0.25, 0.3) is 0 Å². The molecule has 2 nitrogen and oxygen atoms in total. The van der Waals surface area contributed by atoms with Crippen LogP contribution in [0.1, 0.15) is 23.6 Å². The molecule has 0 saturated carbocycles. The Balaban J connectivity index is 2.35. The number of halogens is 3. The molecule has 5 heteroatoms. The maximum absolute atomic E-state index is 13.0. The summed E-state index contributed by atoms with van der Waals surface area (Å²) in [6.07, 6.45) is -3.39. The normalized spacial score (nSPS) is 22.1. The van der Waals surface area contributed by atoms with E-state index in [9.17, 15) is 13.2 Å². The van der Waals surface area contributed by atoms with Crippen molar-refractivity contribution in [1.29, 1.82) is 0 Å². The summed E-state index contributed by atoms with van der Waals surface area (Å²) in [7, 11) is 1.72. The second kappa shape index (κ2) is 5.28. The lowest BCUT2D eigenvalue weighted by Gasteiger charge is -2.26. The molecule has 1 aliphatic heterocycles. The highest BCUT2D eigenvalue weighted by atomic mass is 19.4. The average Bonchev–Trinajstić information content (AvgIpc) is 2.83. The summed E-state index contributed by atoms with van der Waals surface area (Å²) in [5.41, 5.74) is -0.183. The summed E-state index contributed by atoms with van der Waals surface area (Å²) < 4.78 is 39.0. The summed E-state index contributed by atoms with van der Waals surface area (Å²) in [5.74, 6) is 0.207. The number of hydrogen-bond donors (Lipinski definition) is 2. The Morgan fingerprint density at radius 2 is 2.06 bits per heavy atom. The van der Waals surface area contributed by atoms with Crippen molar-refractivity contribution in [3.8, 4) is 0 Å². The summed E-state index contributed by atoms with van der Waals surface area (Å²) in [6, 6.07) is 5.57. The van der Waals surface area contributed by atoms with Gasteiger partial charge in [0.1, 0.15) is 0 Å². The predicted molar refractivity (Wildman–Crippen MR) is 64.2 cm³/mol. The Hall–Kier alpha value is -1.07. The van der Waals surface area contributed by atoms with E-state index in [-0.39, 0.29) is 12.0 Å². The summed E-state index contributed by atoms with van der Waals surface area (Å²) in [4.78, 5) is 0. The molecule has 2 atom stereocenters. The molecule has 2 N–H and O–H groups in total. The molecule has 1 aromatic rings. The van der Waals surface area contributed by atoms with E-state index < -0.39 is 11.7 Å². The van der Waals surface area contributed by atoms with E-state index >= 15 is 0 Å². The van der Waals surface area contributed by atoms with Gasteiger partial charge >= 0.3 is 6.18 Å². The topological polar surface area (TPSA) is 24.1 Å². The molecule has 18 heavy (non-hydrogen) atoms. The molecule has 1 aromatic carbocycles. The molecular formula is C13H17F3N2. The summed E-state index contributed by atoms with van der Waals surface area (Å²) in [5, 5.41) is 6.23. The zero-order valence-electron chi connectivity index (χ0n) is 10.2. The number of hydrogen-bond acceptors (Lipinski definition) is 2.